The van der Waals surface area contributed by atoms with Crippen molar-refractivity contribution < 1.29 is 9.90 Å². The van der Waals surface area contributed by atoms with Crippen LogP contribution in [-0.4, -0.2) is 30.7 Å². The summed E-state index contributed by atoms with van der Waals surface area (Å²) in [5, 5.41) is 15.0. The van der Waals surface area contributed by atoms with Gasteiger partial charge in [0.1, 0.15) is 0 Å². The zero-order chi connectivity index (χ0) is 12.1. The number of aliphatic hydroxyl groups is 1. The maximum Gasteiger partial charge on any atom is 0.238 e. The summed E-state index contributed by atoms with van der Waals surface area (Å²) in [6.45, 7) is 1.21. The van der Waals surface area contributed by atoms with Crippen molar-refractivity contribution in [3.8, 4) is 0 Å². The molecule has 1 aromatic carbocycles. The van der Waals surface area contributed by atoms with Crippen LogP contribution in [0, 0.1) is 5.41 Å². The van der Waals surface area contributed by atoms with Gasteiger partial charge in [0.2, 0.25) is 5.91 Å². The highest BCUT2D eigenvalue weighted by Crippen LogP contribution is 2.44. The minimum absolute atomic E-state index is 0.0486. The van der Waals surface area contributed by atoms with Gasteiger partial charge in [-0.2, -0.15) is 0 Å². The Morgan fingerprint density at radius 3 is 2.59 bits per heavy atom. The molecule has 2 rings (SSSR count). The Morgan fingerprint density at radius 1 is 1.29 bits per heavy atom. The van der Waals surface area contributed by atoms with Gasteiger partial charge in [-0.15, -0.1) is 0 Å². The van der Waals surface area contributed by atoms with E-state index in [2.05, 4.69) is 10.6 Å². The molecule has 0 unspecified atom stereocenters. The molecule has 1 saturated carbocycles. The molecule has 17 heavy (non-hydrogen) atoms. The Kier molecular flexibility index (Phi) is 3.76. The summed E-state index contributed by atoms with van der Waals surface area (Å²) in [6.07, 6.45) is 2.10. The van der Waals surface area contributed by atoms with E-state index in [0.29, 0.717) is 6.54 Å². The van der Waals surface area contributed by atoms with Gasteiger partial charge in [0.25, 0.3) is 0 Å². The zero-order valence-electron chi connectivity index (χ0n) is 9.78. The quantitative estimate of drug-likeness (QED) is 0.688. The zero-order valence-corrected chi connectivity index (χ0v) is 9.78. The highest BCUT2D eigenvalue weighted by molar-refractivity contribution is 5.92. The molecule has 0 radical (unpaired) electrons. The normalized spacial score (nSPS) is 16.5. The fraction of sp³-hybridized carbons (Fsp3) is 0.462. The Labute approximate surface area is 101 Å². The number of carbonyl (C=O) groups is 1. The Balaban J connectivity index is 1.68. The highest BCUT2D eigenvalue weighted by atomic mass is 16.3. The molecule has 1 aliphatic carbocycles. The third-order valence-corrected chi connectivity index (χ3v) is 3.14. The van der Waals surface area contributed by atoms with Crippen LogP contribution in [0.15, 0.2) is 30.3 Å². The van der Waals surface area contributed by atoms with E-state index < -0.39 is 0 Å². The van der Waals surface area contributed by atoms with Crippen LogP contribution in [0.25, 0.3) is 0 Å². The predicted molar refractivity (Wildman–Crippen MR) is 66.7 cm³/mol. The van der Waals surface area contributed by atoms with Crippen LogP contribution in [0.2, 0.25) is 0 Å². The van der Waals surface area contributed by atoms with E-state index in [4.69, 9.17) is 5.11 Å². The number of carbonyl (C=O) groups excluding carboxylic acids is 1. The van der Waals surface area contributed by atoms with E-state index in [-0.39, 0.29) is 24.5 Å². The third-order valence-electron chi connectivity index (χ3n) is 3.14. The van der Waals surface area contributed by atoms with Crippen LogP contribution >= 0.6 is 0 Å². The van der Waals surface area contributed by atoms with Crippen molar-refractivity contribution in [3.63, 3.8) is 0 Å². The molecule has 92 valence electrons. The Bertz CT molecular complexity index is 374. The molecule has 0 aromatic heterocycles. The average Bonchev–Trinajstić information content (AvgIpc) is 3.11. The SMILES string of the molecule is O=C(CNCC1(CO)CC1)Nc1ccccc1. The van der Waals surface area contributed by atoms with Crippen LogP contribution in [0.5, 0.6) is 0 Å². The molecule has 4 heteroatoms. The van der Waals surface area contributed by atoms with Crippen molar-refractivity contribution in [2.75, 3.05) is 25.0 Å². The van der Waals surface area contributed by atoms with Gasteiger partial charge in [0.05, 0.1) is 6.54 Å². The lowest BCUT2D eigenvalue weighted by Crippen LogP contribution is -2.33. The summed E-state index contributed by atoms with van der Waals surface area (Å²) in [7, 11) is 0. The summed E-state index contributed by atoms with van der Waals surface area (Å²) in [5.41, 5.74) is 0.857. The van der Waals surface area contributed by atoms with Crippen LogP contribution < -0.4 is 10.6 Å². The number of benzene rings is 1. The largest absolute Gasteiger partial charge is 0.396 e. The number of hydrogen-bond donors (Lipinski definition) is 3. The van der Waals surface area contributed by atoms with Gasteiger partial charge in [-0.1, -0.05) is 18.2 Å². The fourth-order valence-corrected chi connectivity index (χ4v) is 1.74. The van der Waals surface area contributed by atoms with Crippen molar-refractivity contribution in [2.24, 2.45) is 5.41 Å². The van der Waals surface area contributed by atoms with Crippen molar-refractivity contribution in [1.82, 2.24) is 5.32 Å². The second kappa shape index (κ2) is 5.29. The molecule has 0 heterocycles. The topological polar surface area (TPSA) is 61.4 Å². The first kappa shape index (κ1) is 12.1. The molecule has 3 N–H and O–H groups in total. The molecule has 4 nitrogen and oxygen atoms in total. The third kappa shape index (κ3) is 3.54. The molecular weight excluding hydrogens is 216 g/mol. The lowest BCUT2D eigenvalue weighted by atomic mass is 10.1. The van der Waals surface area contributed by atoms with E-state index in [1.54, 1.807) is 0 Å². The second-order valence-corrected chi connectivity index (χ2v) is 4.68. The molecule has 0 spiro atoms. The molecule has 0 bridgehead atoms. The Hall–Kier alpha value is -1.39. The van der Waals surface area contributed by atoms with E-state index in [1.165, 1.54) is 0 Å². The number of rotatable bonds is 6. The van der Waals surface area contributed by atoms with Gasteiger partial charge in [0.15, 0.2) is 0 Å². The van der Waals surface area contributed by atoms with Crippen LogP contribution in [-0.2, 0) is 4.79 Å². The predicted octanol–water partition coefficient (Wildman–Crippen LogP) is 0.987. The van der Waals surface area contributed by atoms with Crippen LogP contribution in [0.4, 0.5) is 5.69 Å². The van der Waals surface area contributed by atoms with Crippen molar-refractivity contribution in [2.45, 2.75) is 12.8 Å². The van der Waals surface area contributed by atoms with Crippen molar-refractivity contribution >= 4 is 11.6 Å². The van der Waals surface area contributed by atoms with E-state index in [9.17, 15) is 4.79 Å². The molecular formula is C13H18N2O2. The summed E-state index contributed by atoms with van der Waals surface area (Å²) in [6, 6.07) is 9.38. The molecule has 1 aliphatic rings. The van der Waals surface area contributed by atoms with Crippen molar-refractivity contribution in [1.29, 1.82) is 0 Å². The maximum atomic E-state index is 11.6. The van der Waals surface area contributed by atoms with Crippen LogP contribution in [0.3, 0.4) is 0 Å². The Morgan fingerprint density at radius 2 is 2.00 bits per heavy atom. The highest BCUT2D eigenvalue weighted by Gasteiger charge is 2.41. The lowest BCUT2D eigenvalue weighted by molar-refractivity contribution is -0.115. The van der Waals surface area contributed by atoms with Crippen molar-refractivity contribution in [3.05, 3.63) is 30.3 Å². The monoisotopic (exact) mass is 234 g/mol. The second-order valence-electron chi connectivity index (χ2n) is 4.68. The molecule has 0 saturated heterocycles. The van der Waals surface area contributed by atoms with Gasteiger partial charge >= 0.3 is 0 Å². The molecule has 1 amide bonds. The first-order chi connectivity index (χ1) is 8.24. The maximum absolute atomic E-state index is 11.6. The van der Waals surface area contributed by atoms with Gasteiger partial charge in [-0.05, 0) is 25.0 Å². The first-order valence-corrected chi connectivity index (χ1v) is 5.91. The number of para-hydroxylation sites is 1. The number of aliphatic hydroxyl groups excluding tert-OH is 1. The van der Waals surface area contributed by atoms with Gasteiger partial charge in [0, 0.05) is 24.3 Å². The van der Waals surface area contributed by atoms with E-state index >= 15 is 0 Å². The number of anilines is 1. The molecule has 1 aromatic rings. The number of nitrogens with one attached hydrogen (secondary N) is 2. The number of hydrogen-bond acceptors (Lipinski definition) is 3. The fourth-order valence-electron chi connectivity index (χ4n) is 1.74. The van der Waals surface area contributed by atoms with E-state index in [0.717, 1.165) is 18.5 Å². The summed E-state index contributed by atoms with van der Waals surface area (Å²) in [5.74, 6) is -0.0510. The average molecular weight is 234 g/mol. The summed E-state index contributed by atoms with van der Waals surface area (Å²) < 4.78 is 0. The summed E-state index contributed by atoms with van der Waals surface area (Å²) >= 11 is 0. The summed E-state index contributed by atoms with van der Waals surface area (Å²) in [4.78, 5) is 11.6. The van der Waals surface area contributed by atoms with Gasteiger partial charge in [-0.3, -0.25) is 4.79 Å². The lowest BCUT2D eigenvalue weighted by Gasteiger charge is -2.12. The van der Waals surface area contributed by atoms with Crippen LogP contribution in [0.1, 0.15) is 12.8 Å². The minimum Gasteiger partial charge on any atom is -0.396 e. The number of amides is 1. The first-order valence-electron chi connectivity index (χ1n) is 5.91. The minimum atomic E-state index is -0.0510. The molecule has 0 aliphatic heterocycles. The smallest absolute Gasteiger partial charge is 0.238 e. The van der Waals surface area contributed by atoms with E-state index in [1.807, 2.05) is 30.3 Å². The molecule has 0 atom stereocenters. The van der Waals surface area contributed by atoms with Gasteiger partial charge < -0.3 is 15.7 Å². The molecule has 1 fully saturated rings. The van der Waals surface area contributed by atoms with Gasteiger partial charge in [-0.25, -0.2) is 0 Å². The standard InChI is InChI=1S/C13H18N2O2/c16-10-13(6-7-13)9-14-8-12(17)15-11-4-2-1-3-5-11/h1-5,14,16H,6-10H2,(H,15,17).